The van der Waals surface area contributed by atoms with Crippen LogP contribution in [0.1, 0.15) is 62.5 Å². The van der Waals surface area contributed by atoms with Gasteiger partial charge in [-0.1, -0.05) is 12.1 Å². The molecule has 368 valence electrons. The zero-order chi connectivity index (χ0) is 48.7. The normalized spacial score (nSPS) is 20.9. The second-order valence-electron chi connectivity index (χ2n) is 18.4. The quantitative estimate of drug-likeness (QED) is 0.0931. The van der Waals surface area contributed by atoms with Crippen LogP contribution in [0.2, 0.25) is 0 Å². The van der Waals surface area contributed by atoms with Crippen LogP contribution in [0.3, 0.4) is 0 Å². The first-order valence-electron chi connectivity index (χ1n) is 24.1. The van der Waals surface area contributed by atoms with Crippen LogP contribution in [0.4, 0.5) is 31.8 Å². The van der Waals surface area contributed by atoms with Crippen molar-refractivity contribution >= 4 is 56.6 Å². The second kappa shape index (κ2) is 21.8. The fourth-order valence-electron chi connectivity index (χ4n) is 9.91. The van der Waals surface area contributed by atoms with Crippen LogP contribution < -0.4 is 40.2 Å². The fraction of sp³-hybridized carbons (Fsp3) is 0.423. The van der Waals surface area contributed by atoms with Crippen LogP contribution in [0.25, 0.3) is 21.8 Å². The molecule has 0 spiro atoms. The highest BCUT2D eigenvalue weighted by Gasteiger charge is 2.32. The maximum atomic E-state index is 14.4. The molecule has 2 amide bonds. The number of aryl methyl sites for hydroxylation is 2. The van der Waals surface area contributed by atoms with E-state index in [2.05, 4.69) is 51.0 Å². The van der Waals surface area contributed by atoms with Gasteiger partial charge in [0.05, 0.1) is 61.9 Å². The van der Waals surface area contributed by atoms with Crippen molar-refractivity contribution in [2.45, 2.75) is 89.5 Å². The number of hydrogen-bond donors (Lipinski definition) is 4. The van der Waals surface area contributed by atoms with Gasteiger partial charge in [-0.15, -0.1) is 0 Å². The minimum Gasteiger partial charge on any atom is -0.493 e. The summed E-state index contributed by atoms with van der Waals surface area (Å²) in [5.74, 6) is 2.92. The Balaban J connectivity index is 0.000000174. The molecule has 2 aromatic heterocycles. The Morgan fingerprint density at radius 2 is 0.971 bits per heavy atom. The predicted octanol–water partition coefficient (Wildman–Crippen LogP) is 7.90. The molecule has 2 saturated carbocycles. The standard InChI is InChI=1S/2C26H30FN5O3/c2*1-16-3-8-20(27)22(11-16)31-26-19-12-24(23(34-2)13-21(19)29-15-30-26)35-18-6-4-17(5-7-18)32-10-9-28-25(33)14-32/h2*3,8,11-13,15,17-18H,4-7,9-10,14H2,1-2H3,(H,28,33)(H,29,30,31). The number of amides is 2. The third-order valence-corrected chi connectivity index (χ3v) is 13.6. The third kappa shape index (κ3) is 11.4. The molecule has 4 N–H and O–H groups in total. The highest BCUT2D eigenvalue weighted by atomic mass is 19.1. The molecule has 4 aromatic carbocycles. The first-order valence-corrected chi connectivity index (χ1v) is 24.1. The van der Waals surface area contributed by atoms with Crippen molar-refractivity contribution in [3.8, 4) is 23.0 Å². The highest BCUT2D eigenvalue weighted by molar-refractivity contribution is 5.94. The van der Waals surface area contributed by atoms with E-state index < -0.39 is 0 Å². The largest absolute Gasteiger partial charge is 0.493 e. The maximum absolute atomic E-state index is 14.4. The molecule has 0 radical (unpaired) electrons. The predicted molar refractivity (Wildman–Crippen MR) is 264 cm³/mol. The monoisotopic (exact) mass is 958 g/mol. The number of carbonyl (C=O) groups excluding carboxylic acids is 2. The summed E-state index contributed by atoms with van der Waals surface area (Å²) in [5, 5.41) is 13.4. The van der Waals surface area contributed by atoms with Crippen molar-refractivity contribution in [2.24, 2.45) is 0 Å². The zero-order valence-electron chi connectivity index (χ0n) is 40.0. The minimum atomic E-state index is -0.352. The van der Waals surface area contributed by atoms with Gasteiger partial charge in [-0.3, -0.25) is 19.4 Å². The Kier molecular flexibility index (Phi) is 15.0. The number of aromatic nitrogens is 4. The lowest BCUT2D eigenvalue weighted by Crippen LogP contribution is -2.52. The lowest BCUT2D eigenvalue weighted by Gasteiger charge is -2.38. The number of piperazine rings is 2. The number of methoxy groups -OCH3 is 2. The van der Waals surface area contributed by atoms with Crippen molar-refractivity contribution in [1.82, 2.24) is 40.4 Å². The van der Waals surface area contributed by atoms with Crippen molar-refractivity contribution < 1.29 is 37.3 Å². The Morgan fingerprint density at radius 3 is 1.36 bits per heavy atom. The Hall–Kier alpha value is -6.92. The van der Waals surface area contributed by atoms with Gasteiger partial charge in [-0.05, 0) is 113 Å². The lowest BCUT2D eigenvalue weighted by atomic mass is 9.91. The minimum absolute atomic E-state index is 0.0477. The summed E-state index contributed by atoms with van der Waals surface area (Å²) in [6, 6.07) is 18.0. The fourth-order valence-corrected chi connectivity index (χ4v) is 9.91. The molecule has 18 heteroatoms. The molecule has 2 aliphatic heterocycles. The smallest absolute Gasteiger partial charge is 0.234 e. The van der Waals surface area contributed by atoms with Gasteiger partial charge in [0.2, 0.25) is 11.8 Å². The van der Waals surface area contributed by atoms with Gasteiger partial charge in [-0.2, -0.15) is 0 Å². The Morgan fingerprint density at radius 1 is 0.557 bits per heavy atom. The van der Waals surface area contributed by atoms with Crippen molar-refractivity contribution in [3.63, 3.8) is 0 Å². The molecule has 0 atom stereocenters. The van der Waals surface area contributed by atoms with Crippen molar-refractivity contribution in [3.05, 3.63) is 96.1 Å². The van der Waals surface area contributed by atoms with E-state index in [0.29, 0.717) is 95.3 Å². The number of rotatable bonds is 12. The summed E-state index contributed by atoms with van der Waals surface area (Å²) < 4.78 is 52.8. The molecule has 4 aliphatic rings. The molecular weight excluding hydrogens is 899 g/mol. The third-order valence-electron chi connectivity index (χ3n) is 13.6. The van der Waals surface area contributed by atoms with Gasteiger partial charge >= 0.3 is 0 Å². The SMILES string of the molecule is COc1cc2ncnc(Nc3cc(C)ccc3F)c2cc1OC1CCC(N2CCNC(=O)C2)CC1.COc1cc2ncnc(Nc3cc(C)ccc3F)c2cc1OC1CCC(N2CCNC(=O)C2)CC1. The molecule has 6 aromatic rings. The van der Waals surface area contributed by atoms with Gasteiger partial charge in [0.15, 0.2) is 23.0 Å². The number of ether oxygens (including phenoxy) is 4. The summed E-state index contributed by atoms with van der Waals surface area (Å²) in [5.41, 5.74) is 3.94. The van der Waals surface area contributed by atoms with Crippen LogP contribution in [0, 0.1) is 25.5 Å². The van der Waals surface area contributed by atoms with Gasteiger partial charge in [0, 0.05) is 61.2 Å². The number of hydrogen-bond acceptors (Lipinski definition) is 14. The summed E-state index contributed by atoms with van der Waals surface area (Å²) in [7, 11) is 3.21. The van der Waals surface area contributed by atoms with Crippen LogP contribution in [0.15, 0.2) is 73.3 Å². The van der Waals surface area contributed by atoms with Gasteiger partial charge in [-0.25, -0.2) is 28.7 Å². The molecule has 2 saturated heterocycles. The Bertz CT molecular complexity index is 2650. The molecule has 16 nitrogen and oxygen atoms in total. The molecule has 0 unspecified atom stereocenters. The number of carbonyl (C=O) groups is 2. The molecule has 4 fully saturated rings. The van der Waals surface area contributed by atoms with Crippen LogP contribution in [0.5, 0.6) is 23.0 Å². The van der Waals surface area contributed by atoms with Crippen LogP contribution in [-0.2, 0) is 9.59 Å². The van der Waals surface area contributed by atoms with Crippen molar-refractivity contribution in [1.29, 1.82) is 0 Å². The van der Waals surface area contributed by atoms with Gasteiger partial charge in [0.25, 0.3) is 0 Å². The summed E-state index contributed by atoms with van der Waals surface area (Å²) in [6.07, 6.45) is 10.5. The molecular formula is C52H60F2N10O6. The zero-order valence-corrected chi connectivity index (χ0v) is 40.0. The number of fused-ring (bicyclic) bond motifs is 2. The Labute approximate surface area is 405 Å². The van der Waals surface area contributed by atoms with E-state index in [1.807, 2.05) is 38.1 Å². The van der Waals surface area contributed by atoms with Crippen molar-refractivity contribution in [2.75, 3.05) is 64.1 Å². The first-order chi connectivity index (χ1) is 34.0. The van der Waals surface area contributed by atoms with E-state index in [1.54, 1.807) is 38.5 Å². The molecule has 0 bridgehead atoms. The van der Waals surface area contributed by atoms with Crippen LogP contribution >= 0.6 is 0 Å². The maximum Gasteiger partial charge on any atom is 0.234 e. The van der Waals surface area contributed by atoms with E-state index in [4.69, 9.17) is 18.9 Å². The molecule has 10 rings (SSSR count). The van der Waals surface area contributed by atoms with E-state index in [9.17, 15) is 18.4 Å². The molecule has 2 aliphatic carbocycles. The topological polar surface area (TPSA) is 177 Å². The van der Waals surface area contributed by atoms with Gasteiger partial charge < -0.3 is 40.2 Å². The summed E-state index contributed by atoms with van der Waals surface area (Å²) in [6.45, 7) is 8.01. The van der Waals surface area contributed by atoms with E-state index >= 15 is 0 Å². The summed E-state index contributed by atoms with van der Waals surface area (Å²) in [4.78, 5) is 45.5. The lowest BCUT2D eigenvalue weighted by molar-refractivity contribution is -0.126. The van der Waals surface area contributed by atoms with E-state index in [0.717, 1.165) is 86.4 Å². The van der Waals surface area contributed by atoms with E-state index in [1.165, 1.54) is 24.8 Å². The number of anilines is 4. The van der Waals surface area contributed by atoms with Crippen LogP contribution in [-0.4, -0.2) is 119 Å². The number of benzene rings is 4. The number of nitrogens with one attached hydrogen (secondary N) is 4. The summed E-state index contributed by atoms with van der Waals surface area (Å²) >= 11 is 0. The van der Waals surface area contributed by atoms with E-state index in [-0.39, 0.29) is 35.7 Å². The number of halogens is 2. The second-order valence-corrected chi connectivity index (χ2v) is 18.4. The average molecular weight is 959 g/mol. The highest BCUT2D eigenvalue weighted by Crippen LogP contribution is 2.39. The molecule has 4 heterocycles. The first kappa shape index (κ1) is 48.1. The molecule has 70 heavy (non-hydrogen) atoms. The average Bonchev–Trinajstić information content (AvgIpc) is 3.37. The van der Waals surface area contributed by atoms with Gasteiger partial charge in [0.1, 0.15) is 35.9 Å². The number of nitrogens with zero attached hydrogens (tertiary/aromatic N) is 6.